The van der Waals surface area contributed by atoms with Crippen LogP contribution in [-0.4, -0.2) is 101 Å². The van der Waals surface area contributed by atoms with Crippen LogP contribution in [-0.2, 0) is 9.47 Å². The molecule has 1 unspecified atom stereocenters. The van der Waals surface area contributed by atoms with Crippen molar-refractivity contribution in [3.63, 3.8) is 0 Å². The molecule has 2 aliphatic heterocycles. The molecule has 0 aromatic rings. The normalized spacial score (nSPS) is 22.5. The third-order valence-electron chi connectivity index (χ3n) is 4.69. The Labute approximate surface area is 182 Å². The second kappa shape index (κ2) is 14.8. The van der Waals surface area contributed by atoms with E-state index in [1.165, 1.54) is 0 Å². The zero-order valence-electron chi connectivity index (χ0n) is 17.4. The van der Waals surface area contributed by atoms with E-state index in [-0.39, 0.29) is 30.1 Å². The van der Waals surface area contributed by atoms with Crippen molar-refractivity contribution in [1.29, 1.82) is 0 Å². The third kappa shape index (κ3) is 10.8. The second-order valence-electron chi connectivity index (χ2n) is 7.60. The average Bonchev–Trinajstić information content (AvgIpc) is 2.64. The number of guanidine groups is 1. The summed E-state index contributed by atoms with van der Waals surface area (Å²) >= 11 is 0. The summed E-state index contributed by atoms with van der Waals surface area (Å²) in [5.74, 6) is 1.60. The molecule has 27 heavy (non-hydrogen) atoms. The lowest BCUT2D eigenvalue weighted by atomic mass is 10.2. The average molecular weight is 497 g/mol. The highest BCUT2D eigenvalue weighted by molar-refractivity contribution is 14.0. The van der Waals surface area contributed by atoms with Crippen LogP contribution in [0.1, 0.15) is 27.2 Å². The van der Waals surface area contributed by atoms with E-state index in [0.29, 0.717) is 12.5 Å². The molecule has 160 valence electrons. The van der Waals surface area contributed by atoms with Gasteiger partial charge in [0, 0.05) is 45.8 Å². The fraction of sp³-hybridized carbons (Fsp3) is 0.947. The van der Waals surface area contributed by atoms with Crippen molar-refractivity contribution in [2.45, 2.75) is 33.3 Å². The maximum atomic E-state index is 5.90. The highest BCUT2D eigenvalue weighted by Crippen LogP contribution is 2.08. The van der Waals surface area contributed by atoms with Gasteiger partial charge in [0.15, 0.2) is 5.96 Å². The number of morpholine rings is 2. The summed E-state index contributed by atoms with van der Waals surface area (Å²) in [5, 5.41) is 6.80. The maximum absolute atomic E-state index is 5.90. The van der Waals surface area contributed by atoms with Gasteiger partial charge < -0.3 is 20.1 Å². The maximum Gasteiger partial charge on any atom is 0.191 e. The van der Waals surface area contributed by atoms with Crippen molar-refractivity contribution < 1.29 is 9.47 Å². The molecule has 8 heteroatoms. The number of nitrogens with zero attached hydrogens (tertiary/aromatic N) is 3. The predicted octanol–water partition coefficient (Wildman–Crippen LogP) is 1.24. The van der Waals surface area contributed by atoms with Crippen LogP contribution in [0.5, 0.6) is 0 Å². The summed E-state index contributed by atoms with van der Waals surface area (Å²) in [5.41, 5.74) is 0. The highest BCUT2D eigenvalue weighted by Gasteiger charge is 2.20. The lowest BCUT2D eigenvalue weighted by Gasteiger charge is -2.33. The van der Waals surface area contributed by atoms with Crippen LogP contribution in [0.4, 0.5) is 0 Å². The fourth-order valence-electron chi connectivity index (χ4n) is 3.44. The van der Waals surface area contributed by atoms with Gasteiger partial charge in [0.1, 0.15) is 0 Å². The quantitative estimate of drug-likeness (QED) is 0.217. The molecule has 2 N–H and O–H groups in total. The first-order valence-corrected chi connectivity index (χ1v) is 10.3. The molecule has 0 amide bonds. The molecule has 0 aromatic heterocycles. The summed E-state index contributed by atoms with van der Waals surface area (Å²) in [6.45, 7) is 18.1. The first-order valence-electron chi connectivity index (χ1n) is 10.3. The molecule has 0 aromatic carbocycles. The molecule has 0 radical (unpaired) electrons. The van der Waals surface area contributed by atoms with Crippen LogP contribution in [0, 0.1) is 5.92 Å². The smallest absolute Gasteiger partial charge is 0.191 e. The number of hydrogen-bond acceptors (Lipinski definition) is 5. The minimum atomic E-state index is 0. The first kappa shape index (κ1) is 24.9. The number of nitrogens with one attached hydrogen (secondary N) is 2. The van der Waals surface area contributed by atoms with Gasteiger partial charge in [0.25, 0.3) is 0 Å². The molecule has 1 atom stereocenters. The van der Waals surface area contributed by atoms with Crippen LogP contribution in [0.2, 0.25) is 0 Å². The van der Waals surface area contributed by atoms with Crippen molar-refractivity contribution in [2.75, 3.05) is 78.7 Å². The van der Waals surface area contributed by atoms with Crippen LogP contribution >= 0.6 is 24.0 Å². The Morgan fingerprint density at radius 2 is 1.85 bits per heavy atom. The fourth-order valence-corrected chi connectivity index (χ4v) is 3.44. The largest absolute Gasteiger partial charge is 0.379 e. The molecule has 0 spiro atoms. The van der Waals surface area contributed by atoms with Gasteiger partial charge in [-0.25, -0.2) is 0 Å². The molecular formula is C19H40IN5O2. The summed E-state index contributed by atoms with van der Waals surface area (Å²) in [6.07, 6.45) is 1.32. The Morgan fingerprint density at radius 1 is 1.11 bits per heavy atom. The van der Waals surface area contributed by atoms with Crippen molar-refractivity contribution in [3.05, 3.63) is 0 Å². The summed E-state index contributed by atoms with van der Waals surface area (Å²) in [4.78, 5) is 9.71. The molecule has 7 nitrogen and oxygen atoms in total. The van der Waals surface area contributed by atoms with Crippen LogP contribution < -0.4 is 10.6 Å². The Kier molecular flexibility index (Phi) is 13.6. The van der Waals surface area contributed by atoms with E-state index >= 15 is 0 Å². The second-order valence-corrected chi connectivity index (χ2v) is 7.60. The Balaban J connectivity index is 0.00000364. The van der Waals surface area contributed by atoms with Gasteiger partial charge in [0.2, 0.25) is 0 Å². The number of halogens is 1. The van der Waals surface area contributed by atoms with E-state index < -0.39 is 0 Å². The number of aliphatic imine (C=N–C) groups is 1. The zero-order chi connectivity index (χ0) is 18.6. The first-order chi connectivity index (χ1) is 12.7. The van der Waals surface area contributed by atoms with Gasteiger partial charge in [-0.05, 0) is 25.8 Å². The van der Waals surface area contributed by atoms with Crippen LogP contribution in [0.3, 0.4) is 0 Å². The zero-order valence-corrected chi connectivity index (χ0v) is 19.7. The molecule has 2 aliphatic rings. The molecule has 2 heterocycles. The van der Waals surface area contributed by atoms with Crippen molar-refractivity contribution in [1.82, 2.24) is 20.4 Å². The van der Waals surface area contributed by atoms with E-state index in [1.54, 1.807) is 0 Å². The van der Waals surface area contributed by atoms with E-state index in [0.717, 1.165) is 84.6 Å². The molecule has 2 saturated heterocycles. The summed E-state index contributed by atoms with van der Waals surface area (Å²) in [7, 11) is 0. The van der Waals surface area contributed by atoms with E-state index in [2.05, 4.69) is 41.2 Å². The van der Waals surface area contributed by atoms with Crippen LogP contribution in [0.25, 0.3) is 0 Å². The van der Waals surface area contributed by atoms with Gasteiger partial charge in [-0.3, -0.25) is 14.8 Å². The highest BCUT2D eigenvalue weighted by atomic mass is 127. The molecule has 2 rings (SSSR count). The van der Waals surface area contributed by atoms with Crippen molar-refractivity contribution in [2.24, 2.45) is 10.9 Å². The van der Waals surface area contributed by atoms with Gasteiger partial charge in [0.05, 0.1) is 32.5 Å². The minimum absolute atomic E-state index is 0. The van der Waals surface area contributed by atoms with E-state index in [4.69, 9.17) is 14.5 Å². The van der Waals surface area contributed by atoms with E-state index in [9.17, 15) is 0 Å². The molecular weight excluding hydrogens is 457 g/mol. The molecule has 2 fully saturated rings. The van der Waals surface area contributed by atoms with Crippen LogP contribution in [0.15, 0.2) is 4.99 Å². The molecule has 0 saturated carbocycles. The summed E-state index contributed by atoms with van der Waals surface area (Å²) in [6, 6.07) is 0. The van der Waals surface area contributed by atoms with Gasteiger partial charge in [-0.2, -0.15) is 0 Å². The third-order valence-corrected chi connectivity index (χ3v) is 4.69. The van der Waals surface area contributed by atoms with Gasteiger partial charge in [-0.15, -0.1) is 24.0 Å². The standard InChI is InChI=1S/C19H39N5O2.HI/c1-4-20-19(21-6-5-7-23-8-11-25-12-9-23)22-14-18-16-24(10-13-26-18)15-17(2)3;/h17-18H,4-16H2,1-3H3,(H2,20,21,22);1H. The number of rotatable bonds is 9. The van der Waals surface area contributed by atoms with E-state index in [1.807, 2.05) is 0 Å². The Bertz CT molecular complexity index is 406. The number of hydrogen-bond donors (Lipinski definition) is 2. The predicted molar refractivity (Wildman–Crippen MR) is 122 cm³/mol. The monoisotopic (exact) mass is 497 g/mol. The van der Waals surface area contributed by atoms with Gasteiger partial charge >= 0.3 is 0 Å². The molecule has 0 aliphatic carbocycles. The lowest BCUT2D eigenvalue weighted by Crippen LogP contribution is -2.46. The van der Waals surface area contributed by atoms with Crippen molar-refractivity contribution in [3.8, 4) is 0 Å². The van der Waals surface area contributed by atoms with Gasteiger partial charge in [-0.1, -0.05) is 13.8 Å². The summed E-state index contributed by atoms with van der Waals surface area (Å²) < 4.78 is 11.3. The SMILES string of the molecule is CCNC(=NCC1CN(CC(C)C)CCO1)NCCCN1CCOCC1.I. The Morgan fingerprint density at radius 3 is 2.56 bits per heavy atom. The minimum Gasteiger partial charge on any atom is -0.379 e. The lowest BCUT2D eigenvalue weighted by molar-refractivity contribution is -0.0261. The Hall–Kier alpha value is -0.160. The van der Waals surface area contributed by atoms with Crippen molar-refractivity contribution >= 4 is 29.9 Å². The topological polar surface area (TPSA) is 61.4 Å². The molecule has 0 bridgehead atoms. The number of ether oxygens (including phenoxy) is 2.